The highest BCUT2D eigenvalue weighted by Gasteiger charge is 2.16. The molecule has 0 saturated carbocycles. The normalized spacial score (nSPS) is 13.6. The summed E-state index contributed by atoms with van der Waals surface area (Å²) in [5.74, 6) is 0.610. The van der Waals surface area contributed by atoms with Crippen molar-refractivity contribution in [1.82, 2.24) is 15.0 Å². The van der Waals surface area contributed by atoms with Gasteiger partial charge in [0.15, 0.2) is 0 Å². The number of rotatable bonds is 4. The van der Waals surface area contributed by atoms with E-state index >= 15 is 0 Å². The molecule has 0 saturated heterocycles. The lowest BCUT2D eigenvalue weighted by molar-refractivity contribution is 0.0949. The van der Waals surface area contributed by atoms with E-state index < -0.39 is 0 Å². The van der Waals surface area contributed by atoms with Crippen molar-refractivity contribution < 1.29 is 4.79 Å². The molecule has 6 nitrogen and oxygen atoms in total. The molecular weight excluding hydrogens is 364 g/mol. The van der Waals surface area contributed by atoms with E-state index in [9.17, 15) is 9.59 Å². The lowest BCUT2D eigenvalue weighted by Crippen LogP contribution is -2.42. The molecule has 1 aliphatic rings. The fraction of sp³-hybridized carbons (Fsp3) is 0.348. The van der Waals surface area contributed by atoms with Crippen molar-refractivity contribution in [2.75, 3.05) is 11.6 Å². The summed E-state index contributed by atoms with van der Waals surface area (Å²) in [6.07, 6.45) is 3.96. The van der Waals surface area contributed by atoms with Crippen LogP contribution in [-0.2, 0) is 13.0 Å². The van der Waals surface area contributed by atoms with Crippen molar-refractivity contribution >= 4 is 22.5 Å². The number of nitrogens with one attached hydrogen (secondary N) is 1. The average molecular weight is 390 g/mol. The van der Waals surface area contributed by atoms with Gasteiger partial charge >= 0.3 is 0 Å². The molecule has 29 heavy (non-hydrogen) atoms. The Kier molecular flexibility index (Phi) is 5.34. The molecule has 1 amide bonds. The smallest absolute Gasteiger partial charge is 0.269 e. The molecule has 0 radical (unpaired) electrons. The summed E-state index contributed by atoms with van der Waals surface area (Å²) in [7, 11) is 0. The molecular formula is C23H26N4O2. The summed E-state index contributed by atoms with van der Waals surface area (Å²) in [5.41, 5.74) is 6.13. The van der Waals surface area contributed by atoms with Crippen molar-refractivity contribution in [1.29, 1.82) is 0 Å². The maximum Gasteiger partial charge on any atom is 0.269 e. The first-order chi connectivity index (χ1) is 14.1. The molecule has 3 aromatic rings. The Morgan fingerprint density at radius 1 is 1.14 bits per heavy atom. The van der Waals surface area contributed by atoms with Gasteiger partial charge in [0, 0.05) is 25.1 Å². The van der Waals surface area contributed by atoms with Gasteiger partial charge in [-0.05, 0) is 57.0 Å². The number of nitrogens with zero attached hydrogens (tertiary/aromatic N) is 3. The lowest BCUT2D eigenvalue weighted by atomic mass is 10.1. The van der Waals surface area contributed by atoms with Crippen LogP contribution in [0.5, 0.6) is 0 Å². The zero-order valence-corrected chi connectivity index (χ0v) is 16.9. The second-order valence-corrected chi connectivity index (χ2v) is 7.55. The van der Waals surface area contributed by atoms with Gasteiger partial charge < -0.3 is 0 Å². The molecule has 4 rings (SSSR count). The molecule has 1 N–H and O–H groups in total. The predicted molar refractivity (Wildman–Crippen MR) is 115 cm³/mol. The van der Waals surface area contributed by atoms with E-state index in [4.69, 9.17) is 4.98 Å². The highest BCUT2D eigenvalue weighted by Crippen LogP contribution is 2.17. The lowest BCUT2D eigenvalue weighted by Gasteiger charge is -2.24. The van der Waals surface area contributed by atoms with Gasteiger partial charge in [0.1, 0.15) is 5.82 Å². The first-order valence-corrected chi connectivity index (χ1v) is 10.3. The largest absolute Gasteiger partial charge is 0.296 e. The zero-order valence-electron chi connectivity index (χ0n) is 16.9. The van der Waals surface area contributed by atoms with Crippen molar-refractivity contribution in [2.24, 2.45) is 0 Å². The maximum atomic E-state index is 12.9. The molecule has 1 aromatic heterocycles. The van der Waals surface area contributed by atoms with Crippen LogP contribution in [0.1, 0.15) is 47.9 Å². The van der Waals surface area contributed by atoms with Crippen molar-refractivity contribution in [3.05, 3.63) is 69.8 Å². The van der Waals surface area contributed by atoms with Crippen LogP contribution in [0.4, 0.5) is 5.69 Å². The monoisotopic (exact) mass is 390 g/mol. The van der Waals surface area contributed by atoms with Crippen molar-refractivity contribution in [3.8, 4) is 0 Å². The molecule has 6 heteroatoms. The number of benzene rings is 2. The maximum absolute atomic E-state index is 12.9. The molecule has 150 valence electrons. The standard InChI is InChI=1S/C23H26N4O2/c1-3-27(18-11-8-16(2)9-12-18)25-22(28)17-10-13-19-20(15-17)24-21-7-5-4-6-14-26(21)23(19)29/h8-13,15H,3-7,14H2,1-2H3,(H,25,28). The number of fused-ring (bicyclic) bond motifs is 2. The first kappa shape index (κ1) is 19.2. The van der Waals surface area contributed by atoms with Gasteiger partial charge in [-0.1, -0.05) is 24.1 Å². The van der Waals surface area contributed by atoms with Crippen molar-refractivity contribution in [3.63, 3.8) is 0 Å². The summed E-state index contributed by atoms with van der Waals surface area (Å²) >= 11 is 0. The number of amides is 1. The van der Waals surface area contributed by atoms with Crippen LogP contribution in [0, 0.1) is 6.92 Å². The van der Waals surface area contributed by atoms with Crippen LogP contribution < -0.4 is 16.0 Å². The third-order valence-corrected chi connectivity index (χ3v) is 5.48. The van der Waals surface area contributed by atoms with Gasteiger partial charge in [-0.25, -0.2) is 4.98 Å². The minimum Gasteiger partial charge on any atom is -0.296 e. The average Bonchev–Trinajstić information content (AvgIpc) is 2.98. The fourth-order valence-electron chi connectivity index (χ4n) is 3.80. The number of hydrogen-bond donors (Lipinski definition) is 1. The Hall–Kier alpha value is -3.15. The molecule has 0 bridgehead atoms. The molecule has 0 fully saturated rings. The van der Waals surface area contributed by atoms with Crippen LogP contribution in [0.25, 0.3) is 10.9 Å². The third kappa shape index (κ3) is 3.88. The van der Waals surface area contributed by atoms with E-state index in [0.29, 0.717) is 23.0 Å². The second-order valence-electron chi connectivity index (χ2n) is 7.55. The summed E-state index contributed by atoms with van der Waals surface area (Å²) in [6.45, 7) is 5.37. The van der Waals surface area contributed by atoms with E-state index in [1.54, 1.807) is 22.8 Å². The SMILES string of the molecule is CCN(NC(=O)c1ccc2c(=O)n3c(nc2c1)CCCCC3)c1ccc(C)cc1. The predicted octanol–water partition coefficient (Wildman–Crippen LogP) is 3.60. The van der Waals surface area contributed by atoms with Crippen LogP contribution >= 0.6 is 0 Å². The Balaban J connectivity index is 1.64. The minimum absolute atomic E-state index is 0.00583. The van der Waals surface area contributed by atoms with Gasteiger partial charge in [-0.15, -0.1) is 0 Å². The van der Waals surface area contributed by atoms with E-state index in [2.05, 4.69) is 5.43 Å². The van der Waals surface area contributed by atoms with Crippen LogP contribution in [0.2, 0.25) is 0 Å². The quantitative estimate of drug-likeness (QED) is 0.691. The Morgan fingerprint density at radius 2 is 1.93 bits per heavy atom. The van der Waals surface area contributed by atoms with Crippen LogP contribution in [0.3, 0.4) is 0 Å². The van der Waals surface area contributed by atoms with Gasteiger partial charge in [-0.2, -0.15) is 0 Å². The van der Waals surface area contributed by atoms with Crippen LogP contribution in [0.15, 0.2) is 47.3 Å². The number of aromatic nitrogens is 2. The van der Waals surface area contributed by atoms with Crippen LogP contribution in [-0.4, -0.2) is 22.0 Å². The first-order valence-electron chi connectivity index (χ1n) is 10.3. The Morgan fingerprint density at radius 3 is 2.69 bits per heavy atom. The molecule has 0 spiro atoms. The second kappa shape index (κ2) is 8.07. The van der Waals surface area contributed by atoms with E-state index in [1.165, 1.54) is 5.56 Å². The molecule has 2 heterocycles. The molecule has 1 aliphatic heterocycles. The van der Waals surface area contributed by atoms with Gasteiger partial charge in [0.25, 0.3) is 11.5 Å². The van der Waals surface area contributed by atoms with Gasteiger partial charge in [-0.3, -0.25) is 24.6 Å². The number of hydrogen-bond acceptors (Lipinski definition) is 4. The summed E-state index contributed by atoms with van der Waals surface area (Å²) in [5, 5.41) is 2.38. The molecule has 0 unspecified atom stereocenters. The minimum atomic E-state index is -0.217. The summed E-state index contributed by atoms with van der Waals surface area (Å²) in [6, 6.07) is 13.1. The summed E-state index contributed by atoms with van der Waals surface area (Å²) < 4.78 is 1.80. The molecule has 0 aliphatic carbocycles. The third-order valence-electron chi connectivity index (χ3n) is 5.48. The fourth-order valence-corrected chi connectivity index (χ4v) is 3.80. The van der Waals surface area contributed by atoms with E-state index in [-0.39, 0.29) is 11.5 Å². The molecule has 0 atom stereocenters. The highest BCUT2D eigenvalue weighted by molar-refractivity contribution is 5.98. The topological polar surface area (TPSA) is 67.2 Å². The van der Waals surface area contributed by atoms with E-state index in [1.807, 2.05) is 43.1 Å². The Bertz CT molecular complexity index is 1100. The van der Waals surface area contributed by atoms with E-state index in [0.717, 1.165) is 43.7 Å². The summed E-state index contributed by atoms with van der Waals surface area (Å²) in [4.78, 5) is 30.4. The zero-order chi connectivity index (χ0) is 20.4. The number of carbonyl (C=O) groups is 1. The van der Waals surface area contributed by atoms with Gasteiger partial charge in [0.05, 0.1) is 16.6 Å². The number of hydrazine groups is 1. The van der Waals surface area contributed by atoms with Gasteiger partial charge in [0.2, 0.25) is 0 Å². The number of anilines is 1. The van der Waals surface area contributed by atoms with Crippen molar-refractivity contribution in [2.45, 2.75) is 46.1 Å². The number of aryl methyl sites for hydroxylation is 2. The molecule has 2 aromatic carbocycles. The Labute approximate surface area is 170 Å². The number of carbonyl (C=O) groups excluding carboxylic acids is 1. The highest BCUT2D eigenvalue weighted by atomic mass is 16.2.